The summed E-state index contributed by atoms with van der Waals surface area (Å²) in [4.78, 5) is 0. The number of aromatic hydroxyl groups is 1. The maximum Gasteiger partial charge on any atom is 0.124 e. The molecule has 1 unspecified atom stereocenters. The Bertz CT molecular complexity index is 596. The fraction of sp³-hybridized carbons (Fsp3) is 0.294. The van der Waals surface area contributed by atoms with E-state index in [-0.39, 0.29) is 11.8 Å². The summed E-state index contributed by atoms with van der Waals surface area (Å²) in [6.45, 7) is 1.42. The number of ether oxygens (including phenoxy) is 2. The molecule has 3 rings (SSSR count). The molecule has 4 nitrogen and oxygen atoms in total. The minimum Gasteiger partial charge on any atom is -0.507 e. The molecule has 110 valence electrons. The number of benzene rings is 2. The molecule has 0 amide bonds. The first-order valence-corrected chi connectivity index (χ1v) is 7.03. The van der Waals surface area contributed by atoms with Gasteiger partial charge in [-0.2, -0.15) is 0 Å². The van der Waals surface area contributed by atoms with Gasteiger partial charge in [-0.05, 0) is 17.7 Å². The number of phenols is 1. The average Bonchev–Trinajstić information content (AvgIpc) is 2.48. The molecule has 1 saturated heterocycles. The summed E-state index contributed by atoms with van der Waals surface area (Å²) in [5, 5.41) is 13.8. The van der Waals surface area contributed by atoms with Crippen LogP contribution in [0.25, 0.3) is 0 Å². The minimum atomic E-state index is -0.0639. The van der Waals surface area contributed by atoms with Crippen LogP contribution < -0.4 is 10.1 Å². The first-order valence-electron chi connectivity index (χ1n) is 7.03. The lowest BCUT2D eigenvalue weighted by Crippen LogP contribution is -2.47. The highest BCUT2D eigenvalue weighted by Crippen LogP contribution is 2.33. The first kappa shape index (κ1) is 13.9. The second kappa shape index (κ2) is 6.16. The van der Waals surface area contributed by atoms with E-state index in [1.807, 2.05) is 30.3 Å². The highest BCUT2D eigenvalue weighted by atomic mass is 16.5. The van der Waals surface area contributed by atoms with Gasteiger partial charge in [-0.1, -0.05) is 30.3 Å². The van der Waals surface area contributed by atoms with E-state index in [0.717, 1.165) is 11.1 Å². The van der Waals surface area contributed by atoms with Crippen molar-refractivity contribution in [3.05, 3.63) is 59.7 Å². The van der Waals surface area contributed by atoms with Crippen molar-refractivity contribution in [2.75, 3.05) is 20.3 Å². The third-order valence-corrected chi connectivity index (χ3v) is 3.72. The molecule has 21 heavy (non-hydrogen) atoms. The highest BCUT2D eigenvalue weighted by Gasteiger charge is 2.25. The Morgan fingerprint density at radius 3 is 2.52 bits per heavy atom. The molecule has 1 atom stereocenters. The van der Waals surface area contributed by atoms with Gasteiger partial charge in [-0.15, -0.1) is 0 Å². The third-order valence-electron chi connectivity index (χ3n) is 3.72. The van der Waals surface area contributed by atoms with Crippen molar-refractivity contribution < 1.29 is 14.6 Å². The van der Waals surface area contributed by atoms with Gasteiger partial charge in [-0.3, -0.25) is 5.32 Å². The molecule has 0 aromatic heterocycles. The van der Waals surface area contributed by atoms with Crippen molar-refractivity contribution in [2.45, 2.75) is 12.1 Å². The number of rotatable bonds is 5. The van der Waals surface area contributed by atoms with Crippen LogP contribution in [0.4, 0.5) is 0 Å². The molecule has 1 heterocycles. The summed E-state index contributed by atoms with van der Waals surface area (Å²) in [6.07, 6.45) is 0. The van der Waals surface area contributed by atoms with Crippen LogP contribution >= 0.6 is 0 Å². The van der Waals surface area contributed by atoms with Crippen LogP contribution in [0.3, 0.4) is 0 Å². The number of hydrogen-bond donors (Lipinski definition) is 2. The SMILES string of the molecule is COc1ccc(C(NC2COC2)c2ccccc2)c(O)c1. The summed E-state index contributed by atoms with van der Waals surface area (Å²) in [5.41, 5.74) is 1.96. The molecule has 0 aliphatic carbocycles. The van der Waals surface area contributed by atoms with Crippen molar-refractivity contribution in [1.29, 1.82) is 0 Å². The predicted molar refractivity (Wildman–Crippen MR) is 80.7 cm³/mol. The van der Waals surface area contributed by atoms with Crippen LogP contribution in [-0.4, -0.2) is 31.5 Å². The van der Waals surface area contributed by atoms with Crippen LogP contribution in [0, 0.1) is 0 Å². The van der Waals surface area contributed by atoms with Crippen LogP contribution in [0.1, 0.15) is 17.2 Å². The van der Waals surface area contributed by atoms with Gasteiger partial charge < -0.3 is 14.6 Å². The molecule has 0 spiro atoms. The standard InChI is InChI=1S/C17H19NO3/c1-20-14-7-8-15(16(19)9-14)17(18-13-10-21-11-13)12-5-3-2-4-6-12/h2-9,13,17-19H,10-11H2,1H3. The molecule has 4 heteroatoms. The maximum atomic E-state index is 10.3. The Balaban J connectivity index is 1.94. The molecule has 1 aliphatic heterocycles. The van der Waals surface area contributed by atoms with Crippen LogP contribution in [0.5, 0.6) is 11.5 Å². The Hall–Kier alpha value is -2.04. The monoisotopic (exact) mass is 285 g/mol. The van der Waals surface area contributed by atoms with Crippen molar-refractivity contribution in [1.82, 2.24) is 5.32 Å². The van der Waals surface area contributed by atoms with Gasteiger partial charge in [0.2, 0.25) is 0 Å². The van der Waals surface area contributed by atoms with Gasteiger partial charge in [0.15, 0.2) is 0 Å². The molecule has 1 fully saturated rings. The summed E-state index contributed by atoms with van der Waals surface area (Å²) in [5.74, 6) is 0.881. The van der Waals surface area contributed by atoms with Gasteiger partial charge in [0.05, 0.1) is 32.4 Å². The van der Waals surface area contributed by atoms with E-state index < -0.39 is 0 Å². The van der Waals surface area contributed by atoms with E-state index in [1.54, 1.807) is 13.2 Å². The van der Waals surface area contributed by atoms with Crippen LogP contribution in [-0.2, 0) is 4.74 Å². The molecule has 0 saturated carbocycles. The van der Waals surface area contributed by atoms with E-state index >= 15 is 0 Å². The second-order valence-electron chi connectivity index (χ2n) is 5.17. The lowest BCUT2D eigenvalue weighted by atomic mass is 9.96. The molecular formula is C17H19NO3. The van der Waals surface area contributed by atoms with Crippen LogP contribution in [0.15, 0.2) is 48.5 Å². The van der Waals surface area contributed by atoms with Crippen molar-refractivity contribution >= 4 is 0 Å². The maximum absolute atomic E-state index is 10.3. The van der Waals surface area contributed by atoms with Crippen molar-refractivity contribution in [2.24, 2.45) is 0 Å². The average molecular weight is 285 g/mol. The van der Waals surface area contributed by atoms with Gasteiger partial charge in [0.25, 0.3) is 0 Å². The molecule has 0 bridgehead atoms. The highest BCUT2D eigenvalue weighted by molar-refractivity contribution is 5.45. The Morgan fingerprint density at radius 1 is 1.19 bits per heavy atom. The lowest BCUT2D eigenvalue weighted by Gasteiger charge is -2.32. The van der Waals surface area contributed by atoms with Gasteiger partial charge in [-0.25, -0.2) is 0 Å². The van der Waals surface area contributed by atoms with Gasteiger partial charge in [0, 0.05) is 11.6 Å². The van der Waals surface area contributed by atoms with E-state index in [4.69, 9.17) is 9.47 Å². The van der Waals surface area contributed by atoms with E-state index in [9.17, 15) is 5.11 Å². The van der Waals surface area contributed by atoms with Crippen LogP contribution in [0.2, 0.25) is 0 Å². The lowest BCUT2D eigenvalue weighted by molar-refractivity contribution is -0.00835. The smallest absolute Gasteiger partial charge is 0.124 e. The van der Waals surface area contributed by atoms with E-state index in [0.29, 0.717) is 25.0 Å². The predicted octanol–water partition coefficient (Wildman–Crippen LogP) is 2.48. The van der Waals surface area contributed by atoms with E-state index in [2.05, 4.69) is 17.4 Å². The number of nitrogens with one attached hydrogen (secondary N) is 1. The Morgan fingerprint density at radius 2 is 1.95 bits per heavy atom. The number of phenolic OH excluding ortho intramolecular Hbond substituents is 1. The largest absolute Gasteiger partial charge is 0.507 e. The zero-order valence-electron chi connectivity index (χ0n) is 12.0. The zero-order valence-corrected chi connectivity index (χ0v) is 12.0. The summed E-state index contributed by atoms with van der Waals surface area (Å²) in [6, 6.07) is 15.8. The molecule has 1 aliphatic rings. The van der Waals surface area contributed by atoms with Gasteiger partial charge in [0.1, 0.15) is 11.5 Å². The topological polar surface area (TPSA) is 50.7 Å². The fourth-order valence-corrected chi connectivity index (χ4v) is 2.47. The molecule has 2 aromatic rings. The molecule has 2 N–H and O–H groups in total. The zero-order chi connectivity index (χ0) is 14.7. The quantitative estimate of drug-likeness (QED) is 0.886. The number of hydrogen-bond acceptors (Lipinski definition) is 4. The van der Waals surface area contributed by atoms with Crippen molar-refractivity contribution in [3.8, 4) is 11.5 Å². The minimum absolute atomic E-state index is 0.0639. The Labute approximate surface area is 124 Å². The Kier molecular flexibility index (Phi) is 4.08. The third kappa shape index (κ3) is 3.01. The second-order valence-corrected chi connectivity index (χ2v) is 5.17. The molecular weight excluding hydrogens is 266 g/mol. The first-order chi connectivity index (χ1) is 10.3. The summed E-state index contributed by atoms with van der Waals surface area (Å²) in [7, 11) is 1.59. The molecule has 2 aromatic carbocycles. The summed E-state index contributed by atoms with van der Waals surface area (Å²) >= 11 is 0. The number of methoxy groups -OCH3 is 1. The molecule has 0 radical (unpaired) electrons. The van der Waals surface area contributed by atoms with Crippen molar-refractivity contribution in [3.63, 3.8) is 0 Å². The van der Waals surface area contributed by atoms with E-state index in [1.165, 1.54) is 0 Å². The normalized spacial score (nSPS) is 16.2. The summed E-state index contributed by atoms with van der Waals surface area (Å²) < 4.78 is 10.4. The fourth-order valence-electron chi connectivity index (χ4n) is 2.47. The van der Waals surface area contributed by atoms with Gasteiger partial charge >= 0.3 is 0 Å².